The van der Waals surface area contributed by atoms with Crippen LogP contribution in [0.3, 0.4) is 0 Å². The number of hydrogen-bond acceptors (Lipinski definition) is 13. The Morgan fingerprint density at radius 1 is 0.557 bits per heavy atom. The standard InChI is InChI=1S/C47H53FO13/c1-31(49)53-30-38-42(57-32(2)50)43(58-33(3)51)40(48)46(59-38)61-47(4)45(56-28-37-23-15-8-16-24-37)44(55-27-36-21-13-7-14-22-36)41(54-26-35-19-11-6-12-20-35)39(60-47)29-52-25-34-17-9-5-10-18-34/h5-24,38-46H,25-30H2,1-4H3/t38?,39?,40?,41-,42+,43?,44?,45?,46-,47+/m0/s1. The van der Waals surface area contributed by atoms with E-state index >= 15 is 4.39 Å². The highest BCUT2D eigenvalue weighted by molar-refractivity contribution is 5.68. The van der Waals surface area contributed by atoms with Crippen LogP contribution in [0.25, 0.3) is 0 Å². The smallest absolute Gasteiger partial charge is 0.303 e. The molecule has 2 saturated heterocycles. The van der Waals surface area contributed by atoms with Gasteiger partial charge in [-0.2, -0.15) is 0 Å². The summed E-state index contributed by atoms with van der Waals surface area (Å²) in [6, 6.07) is 38.2. The van der Waals surface area contributed by atoms with E-state index < -0.39 is 85.5 Å². The van der Waals surface area contributed by atoms with Gasteiger partial charge in [-0.05, 0) is 29.2 Å². The summed E-state index contributed by atoms with van der Waals surface area (Å²) in [4.78, 5) is 36.6. The summed E-state index contributed by atoms with van der Waals surface area (Å²) in [5.41, 5.74) is 3.51. The zero-order valence-corrected chi connectivity index (χ0v) is 34.7. The first-order valence-corrected chi connectivity index (χ1v) is 20.2. The van der Waals surface area contributed by atoms with E-state index in [1.165, 1.54) is 6.92 Å². The van der Waals surface area contributed by atoms with Crippen LogP contribution in [-0.2, 0) is 88.2 Å². The van der Waals surface area contributed by atoms with Crippen molar-refractivity contribution in [1.82, 2.24) is 0 Å². The van der Waals surface area contributed by atoms with Crippen LogP contribution in [0.15, 0.2) is 121 Å². The molecule has 2 aliphatic rings. The molecule has 4 aromatic rings. The highest BCUT2D eigenvalue weighted by atomic mass is 19.1. The maximum absolute atomic E-state index is 17.0. The third kappa shape index (κ3) is 13.0. The van der Waals surface area contributed by atoms with E-state index in [9.17, 15) is 14.4 Å². The Labute approximate surface area is 355 Å². The first kappa shape index (κ1) is 45.5. The van der Waals surface area contributed by atoms with Crippen LogP contribution in [0.1, 0.15) is 49.9 Å². The van der Waals surface area contributed by atoms with Crippen LogP contribution in [0.4, 0.5) is 4.39 Å². The highest BCUT2D eigenvalue weighted by Crippen LogP contribution is 2.41. The lowest BCUT2D eigenvalue weighted by molar-refractivity contribution is -0.422. The average Bonchev–Trinajstić information content (AvgIpc) is 3.25. The minimum atomic E-state index is -2.25. The molecule has 0 N–H and O–H groups in total. The predicted octanol–water partition coefficient (Wildman–Crippen LogP) is 6.58. The van der Waals surface area contributed by atoms with Crippen molar-refractivity contribution >= 4 is 17.9 Å². The van der Waals surface area contributed by atoms with Crippen molar-refractivity contribution in [2.45, 2.75) is 115 Å². The monoisotopic (exact) mass is 844 g/mol. The molecule has 61 heavy (non-hydrogen) atoms. The van der Waals surface area contributed by atoms with Gasteiger partial charge in [0.1, 0.15) is 37.1 Å². The summed E-state index contributed by atoms with van der Waals surface area (Å²) in [5.74, 6) is -4.24. The molecule has 10 atom stereocenters. The van der Waals surface area contributed by atoms with E-state index in [2.05, 4.69) is 0 Å². The van der Waals surface area contributed by atoms with Crippen molar-refractivity contribution in [3.63, 3.8) is 0 Å². The summed E-state index contributed by atoms with van der Waals surface area (Å²) < 4.78 is 79.3. The second-order valence-corrected chi connectivity index (χ2v) is 15.0. The van der Waals surface area contributed by atoms with Gasteiger partial charge < -0.3 is 47.4 Å². The minimum absolute atomic E-state index is 0.0197. The fourth-order valence-electron chi connectivity index (χ4n) is 7.32. The molecule has 0 spiro atoms. The first-order chi connectivity index (χ1) is 29.5. The zero-order valence-electron chi connectivity index (χ0n) is 34.7. The lowest BCUT2D eigenvalue weighted by Gasteiger charge is -2.53. The molecule has 14 heteroatoms. The summed E-state index contributed by atoms with van der Waals surface area (Å²) in [7, 11) is 0. The Kier molecular flexibility index (Phi) is 16.5. The molecule has 6 unspecified atom stereocenters. The number of ether oxygens (including phenoxy) is 10. The van der Waals surface area contributed by atoms with Crippen molar-refractivity contribution in [3.8, 4) is 0 Å². The highest BCUT2D eigenvalue weighted by Gasteiger charge is 2.60. The number of carbonyl (C=O) groups excluding carboxylic acids is 3. The summed E-state index contributed by atoms with van der Waals surface area (Å²) in [5, 5.41) is 0. The Bertz CT molecular complexity index is 1960. The van der Waals surface area contributed by atoms with Crippen LogP contribution >= 0.6 is 0 Å². The Balaban J connectivity index is 1.40. The van der Waals surface area contributed by atoms with Crippen LogP contribution in [0.5, 0.6) is 0 Å². The first-order valence-electron chi connectivity index (χ1n) is 20.2. The van der Waals surface area contributed by atoms with Gasteiger partial charge in [0.25, 0.3) is 0 Å². The normalized spacial score (nSPS) is 27.5. The number of benzene rings is 4. The van der Waals surface area contributed by atoms with E-state index in [4.69, 9.17) is 47.4 Å². The van der Waals surface area contributed by atoms with Gasteiger partial charge in [0.15, 0.2) is 30.5 Å². The Hall–Kier alpha value is -5.06. The number of rotatable bonds is 19. The maximum Gasteiger partial charge on any atom is 0.303 e. The predicted molar refractivity (Wildman–Crippen MR) is 217 cm³/mol. The molecule has 2 heterocycles. The fourth-order valence-corrected chi connectivity index (χ4v) is 7.32. The molecular formula is C47H53FO13. The molecule has 6 rings (SSSR count). The van der Waals surface area contributed by atoms with E-state index in [0.29, 0.717) is 0 Å². The molecule has 0 aliphatic carbocycles. The number of carbonyl (C=O) groups is 3. The number of esters is 3. The third-order valence-electron chi connectivity index (χ3n) is 10.1. The number of hydrogen-bond donors (Lipinski definition) is 0. The number of alkyl halides is 1. The van der Waals surface area contributed by atoms with E-state index in [0.717, 1.165) is 36.1 Å². The van der Waals surface area contributed by atoms with Gasteiger partial charge >= 0.3 is 17.9 Å². The molecule has 0 amide bonds. The zero-order chi connectivity index (χ0) is 43.2. The van der Waals surface area contributed by atoms with Crippen LogP contribution in [-0.4, -0.2) is 92.1 Å². The van der Waals surface area contributed by atoms with Crippen LogP contribution < -0.4 is 0 Å². The van der Waals surface area contributed by atoms with Crippen molar-refractivity contribution in [2.75, 3.05) is 13.2 Å². The quantitative estimate of drug-likeness (QED) is 0.0742. The van der Waals surface area contributed by atoms with Gasteiger partial charge in [0, 0.05) is 20.8 Å². The van der Waals surface area contributed by atoms with Gasteiger partial charge in [0.2, 0.25) is 0 Å². The molecular weight excluding hydrogens is 792 g/mol. The Morgan fingerprint density at radius 2 is 1.02 bits per heavy atom. The van der Waals surface area contributed by atoms with Gasteiger partial charge in [-0.3, -0.25) is 14.4 Å². The molecule has 2 fully saturated rings. The van der Waals surface area contributed by atoms with Crippen molar-refractivity contribution in [1.29, 1.82) is 0 Å². The molecule has 0 aromatic heterocycles. The summed E-state index contributed by atoms with van der Waals surface area (Å²) in [6.07, 6.45) is -12.5. The lowest BCUT2D eigenvalue weighted by atomic mass is 9.91. The lowest BCUT2D eigenvalue weighted by Crippen LogP contribution is -2.69. The minimum Gasteiger partial charge on any atom is -0.463 e. The van der Waals surface area contributed by atoms with Crippen LogP contribution in [0, 0.1) is 0 Å². The molecule has 4 aromatic carbocycles. The van der Waals surface area contributed by atoms with Gasteiger partial charge in [-0.1, -0.05) is 121 Å². The number of halogens is 1. The summed E-state index contributed by atoms with van der Waals surface area (Å²) in [6.45, 7) is 5.06. The molecule has 326 valence electrons. The molecule has 0 bridgehead atoms. The largest absolute Gasteiger partial charge is 0.463 e. The maximum atomic E-state index is 17.0. The molecule has 2 aliphatic heterocycles. The topological polar surface area (TPSA) is 144 Å². The van der Waals surface area contributed by atoms with Crippen molar-refractivity contribution in [2.24, 2.45) is 0 Å². The fraction of sp³-hybridized carbons (Fsp3) is 0.426. The second kappa shape index (κ2) is 22.2. The molecule has 0 saturated carbocycles. The van der Waals surface area contributed by atoms with Crippen molar-refractivity contribution in [3.05, 3.63) is 144 Å². The second-order valence-electron chi connectivity index (χ2n) is 15.0. The molecule has 0 radical (unpaired) electrons. The SMILES string of the molecule is CC(=O)OCC1O[C@@H](O[C@@]2(C)OC(COCc3ccccc3)[C@H](OCc3ccccc3)C(OCc3ccccc3)C2OCc2ccccc2)C(F)C(OC(C)=O)[C@@H]1OC(C)=O. The Morgan fingerprint density at radius 3 is 1.51 bits per heavy atom. The van der Waals surface area contributed by atoms with E-state index in [1.807, 2.05) is 121 Å². The van der Waals surface area contributed by atoms with E-state index in [1.54, 1.807) is 6.92 Å². The van der Waals surface area contributed by atoms with E-state index in [-0.39, 0.29) is 33.0 Å². The summed E-state index contributed by atoms with van der Waals surface area (Å²) >= 11 is 0. The van der Waals surface area contributed by atoms with Gasteiger partial charge in [0.05, 0.1) is 33.0 Å². The van der Waals surface area contributed by atoms with Gasteiger partial charge in [-0.25, -0.2) is 4.39 Å². The average molecular weight is 845 g/mol. The van der Waals surface area contributed by atoms with Crippen LogP contribution in [0.2, 0.25) is 0 Å². The third-order valence-corrected chi connectivity index (χ3v) is 10.1. The van der Waals surface area contributed by atoms with Gasteiger partial charge in [-0.15, -0.1) is 0 Å². The molecule has 13 nitrogen and oxygen atoms in total. The van der Waals surface area contributed by atoms with Crippen molar-refractivity contribution < 1.29 is 66.1 Å².